The molecule has 10 aromatic rings. The first-order valence-corrected chi connectivity index (χ1v) is 15.8. The maximum atomic E-state index is 9.02. The van der Waals surface area contributed by atoms with Gasteiger partial charge in [0.1, 0.15) is 22.3 Å². The van der Waals surface area contributed by atoms with Gasteiger partial charge in [-0.15, -0.1) is 0 Å². The van der Waals surface area contributed by atoms with Gasteiger partial charge >= 0.3 is 0 Å². The molecule has 0 N–H and O–H groups in total. The van der Waals surface area contributed by atoms with Gasteiger partial charge in [-0.1, -0.05) is 127 Å². The third-order valence-electron chi connectivity index (χ3n) is 9.42. The Morgan fingerprint density at radius 3 is 1.64 bits per heavy atom. The van der Waals surface area contributed by atoms with Crippen LogP contribution in [-0.2, 0) is 0 Å². The van der Waals surface area contributed by atoms with E-state index in [-0.39, 0.29) is 24.2 Å². The van der Waals surface area contributed by atoms with Gasteiger partial charge in [0.2, 0.25) is 0 Å². The van der Waals surface area contributed by atoms with E-state index in [0.717, 1.165) is 87.7 Å². The molecule has 0 aliphatic carbocycles. The topological polar surface area (TPSA) is 26.3 Å². The Hall–Kier alpha value is -6.12. The van der Waals surface area contributed by atoms with Crippen LogP contribution in [-0.4, -0.2) is 0 Å². The fourth-order valence-corrected chi connectivity index (χ4v) is 7.35. The summed E-state index contributed by atoms with van der Waals surface area (Å²) < 4.78 is 48.5. The first-order valence-electron chi connectivity index (χ1n) is 17.8. The van der Waals surface area contributed by atoms with Crippen LogP contribution >= 0.6 is 0 Å². The zero-order valence-corrected chi connectivity index (χ0v) is 25.4. The van der Waals surface area contributed by atoms with E-state index in [9.17, 15) is 0 Å². The molecule has 0 aliphatic rings. The van der Waals surface area contributed by atoms with Crippen molar-refractivity contribution in [2.45, 2.75) is 6.92 Å². The van der Waals surface area contributed by atoms with Gasteiger partial charge < -0.3 is 8.83 Å². The van der Waals surface area contributed by atoms with E-state index in [1.54, 1.807) is 6.92 Å². The molecule has 2 aromatic heterocycles. The van der Waals surface area contributed by atoms with Gasteiger partial charge in [-0.05, 0) is 81.1 Å². The first kappa shape index (κ1) is 22.4. The highest BCUT2D eigenvalue weighted by molar-refractivity contribution is 6.25. The maximum absolute atomic E-state index is 9.02. The Balaban J connectivity index is 1.31. The minimum Gasteiger partial charge on any atom is -0.456 e. The molecule has 0 aliphatic heterocycles. The number of hydrogen-bond acceptors (Lipinski definition) is 2. The third kappa shape index (κ3) is 3.85. The molecular weight excluding hydrogens is 572 g/mol. The van der Waals surface area contributed by atoms with Gasteiger partial charge in [0.05, 0.1) is 5.48 Å². The normalized spacial score (nSPS) is 13.1. The molecule has 0 radical (unpaired) electrons. The number of fused-ring (bicyclic) bond motifs is 8. The SMILES string of the molecule is [2H]c1c([2H])c(-c2c3ccccc3c(-c3ccc(-c4ccc5c(c4)oc4ccccc45)c4c3oc3ccccc34)c3ccccc23)c([2H])c([2H])c1C. The van der Waals surface area contributed by atoms with Crippen molar-refractivity contribution in [1.29, 1.82) is 0 Å². The van der Waals surface area contributed by atoms with Crippen molar-refractivity contribution in [2.24, 2.45) is 0 Å². The molecule has 0 amide bonds. The minimum absolute atomic E-state index is 0.0244. The number of para-hydroxylation sites is 2. The van der Waals surface area contributed by atoms with Gasteiger partial charge in [0, 0.05) is 32.7 Å². The second kappa shape index (κ2) is 9.94. The van der Waals surface area contributed by atoms with Gasteiger partial charge in [0.25, 0.3) is 0 Å². The van der Waals surface area contributed by atoms with Crippen molar-refractivity contribution in [3.05, 3.63) is 157 Å². The Morgan fingerprint density at radius 2 is 0.957 bits per heavy atom. The Bertz CT molecular complexity index is 3010. The summed E-state index contributed by atoms with van der Waals surface area (Å²) in [5, 5.41) is 7.75. The van der Waals surface area contributed by atoms with Crippen molar-refractivity contribution in [2.75, 3.05) is 0 Å². The first-order chi connectivity index (χ1) is 24.9. The third-order valence-corrected chi connectivity index (χ3v) is 9.42. The fraction of sp³-hybridized carbons (Fsp3) is 0.0222. The largest absolute Gasteiger partial charge is 0.456 e. The van der Waals surface area contributed by atoms with Crippen molar-refractivity contribution in [1.82, 2.24) is 0 Å². The molecule has 0 saturated carbocycles. The molecule has 10 rings (SSSR count). The minimum atomic E-state index is -0.0398. The predicted molar refractivity (Wildman–Crippen MR) is 197 cm³/mol. The molecule has 2 heterocycles. The van der Waals surface area contributed by atoms with Crippen LogP contribution in [0.25, 0.3) is 98.8 Å². The van der Waals surface area contributed by atoms with E-state index in [1.807, 2.05) is 72.8 Å². The Morgan fingerprint density at radius 1 is 0.426 bits per heavy atom. The highest BCUT2D eigenvalue weighted by atomic mass is 16.3. The lowest BCUT2D eigenvalue weighted by Gasteiger charge is -2.18. The quantitative estimate of drug-likeness (QED) is 0.188. The Kier molecular flexibility index (Phi) is 4.74. The highest BCUT2D eigenvalue weighted by Crippen LogP contribution is 2.48. The summed E-state index contributed by atoms with van der Waals surface area (Å²) in [7, 11) is 0. The summed E-state index contributed by atoms with van der Waals surface area (Å²) in [5.41, 5.74) is 8.56. The Labute approximate surface area is 276 Å². The molecule has 0 bridgehead atoms. The zero-order valence-electron chi connectivity index (χ0n) is 29.4. The van der Waals surface area contributed by atoms with E-state index >= 15 is 0 Å². The van der Waals surface area contributed by atoms with Gasteiger partial charge in [0.15, 0.2) is 0 Å². The molecule has 8 aromatic carbocycles. The average molecular weight is 605 g/mol. The predicted octanol–water partition coefficient (Wildman–Crippen LogP) is 13.1. The van der Waals surface area contributed by atoms with E-state index < -0.39 is 0 Å². The highest BCUT2D eigenvalue weighted by Gasteiger charge is 2.22. The molecule has 2 heteroatoms. The van der Waals surface area contributed by atoms with Crippen LogP contribution < -0.4 is 0 Å². The lowest BCUT2D eigenvalue weighted by atomic mass is 9.85. The number of rotatable bonds is 3. The summed E-state index contributed by atoms with van der Waals surface area (Å²) in [5.74, 6) is 0. The number of furan rings is 2. The number of hydrogen-bond donors (Lipinski definition) is 0. The van der Waals surface area contributed by atoms with Crippen LogP contribution in [0.4, 0.5) is 0 Å². The van der Waals surface area contributed by atoms with E-state index in [4.69, 9.17) is 14.3 Å². The molecule has 0 saturated heterocycles. The summed E-state index contributed by atoms with van der Waals surface area (Å²) in [6, 6.07) is 42.9. The van der Waals surface area contributed by atoms with Crippen LogP contribution in [0.1, 0.15) is 11.0 Å². The lowest BCUT2D eigenvalue weighted by Crippen LogP contribution is -1.92. The average Bonchev–Trinajstić information content (AvgIpc) is 3.75. The molecule has 47 heavy (non-hydrogen) atoms. The molecule has 220 valence electrons. The fourth-order valence-electron chi connectivity index (χ4n) is 7.35. The summed E-state index contributed by atoms with van der Waals surface area (Å²) in [4.78, 5) is 0. The molecule has 2 nitrogen and oxygen atoms in total. The molecule has 0 spiro atoms. The van der Waals surface area contributed by atoms with Crippen LogP contribution in [0.15, 0.2) is 160 Å². The monoisotopic (exact) mass is 604 g/mol. The second-order valence-electron chi connectivity index (χ2n) is 12.1. The van der Waals surface area contributed by atoms with Crippen molar-refractivity contribution >= 4 is 65.4 Å². The van der Waals surface area contributed by atoms with Crippen molar-refractivity contribution in [3.8, 4) is 33.4 Å². The van der Waals surface area contributed by atoms with E-state index in [2.05, 4.69) is 54.6 Å². The molecule has 0 unspecified atom stereocenters. The number of benzene rings is 8. The van der Waals surface area contributed by atoms with E-state index in [1.165, 1.54) is 0 Å². The van der Waals surface area contributed by atoms with Crippen LogP contribution in [0.5, 0.6) is 0 Å². The van der Waals surface area contributed by atoms with Crippen LogP contribution in [0.3, 0.4) is 0 Å². The van der Waals surface area contributed by atoms with Gasteiger partial charge in [-0.25, -0.2) is 0 Å². The molecule has 0 fully saturated rings. The molecular formula is C45H28O2. The van der Waals surface area contributed by atoms with Crippen molar-refractivity contribution < 1.29 is 14.3 Å². The summed E-state index contributed by atoms with van der Waals surface area (Å²) in [6.07, 6.45) is 0. The summed E-state index contributed by atoms with van der Waals surface area (Å²) in [6.45, 7) is 1.64. The summed E-state index contributed by atoms with van der Waals surface area (Å²) >= 11 is 0. The molecule has 0 atom stereocenters. The van der Waals surface area contributed by atoms with Crippen molar-refractivity contribution in [3.63, 3.8) is 0 Å². The lowest BCUT2D eigenvalue weighted by molar-refractivity contribution is 0.668. The smallest absolute Gasteiger partial charge is 0.143 e. The van der Waals surface area contributed by atoms with Crippen LogP contribution in [0.2, 0.25) is 0 Å². The van der Waals surface area contributed by atoms with Gasteiger partial charge in [-0.3, -0.25) is 0 Å². The second-order valence-corrected chi connectivity index (χ2v) is 12.1. The zero-order chi connectivity index (χ0) is 34.5. The van der Waals surface area contributed by atoms with Gasteiger partial charge in [-0.2, -0.15) is 0 Å². The van der Waals surface area contributed by atoms with Crippen LogP contribution in [0, 0.1) is 6.92 Å². The van der Waals surface area contributed by atoms with E-state index in [0.29, 0.717) is 16.7 Å². The standard InChI is InChI=1S/C45H28O2/c1-27-18-20-28(21-19-27)42-33-11-2-4-13-35(33)43(36-14-5-3-12-34(36)42)38-25-24-30(44-37-15-7-9-17-40(37)47-45(38)44)29-22-23-32-31-10-6-8-16-39(31)46-41(32)26-29/h2-26H,1H3/i18D,19D,20D,21D. The maximum Gasteiger partial charge on any atom is 0.143 e.